The van der Waals surface area contributed by atoms with Gasteiger partial charge < -0.3 is 27.2 Å². The number of hydrogen-bond acceptors (Lipinski definition) is 7. The SMILES string of the molecule is CCOc1ccc(CNCCSc2nnnn2C)cc1OC.[Cl-]. The van der Waals surface area contributed by atoms with E-state index in [4.69, 9.17) is 9.47 Å². The molecule has 0 spiro atoms. The number of hydrogen-bond donors (Lipinski definition) is 1. The van der Waals surface area contributed by atoms with Gasteiger partial charge in [-0.3, -0.25) is 0 Å². The van der Waals surface area contributed by atoms with Gasteiger partial charge in [-0.05, 0) is 35.0 Å². The summed E-state index contributed by atoms with van der Waals surface area (Å²) in [4.78, 5) is 0. The minimum atomic E-state index is 0. The Hall–Kier alpha value is -1.51. The zero-order valence-electron chi connectivity index (χ0n) is 13.5. The van der Waals surface area contributed by atoms with Crippen molar-refractivity contribution in [2.24, 2.45) is 7.05 Å². The molecule has 2 aromatic rings. The van der Waals surface area contributed by atoms with Gasteiger partial charge >= 0.3 is 0 Å². The van der Waals surface area contributed by atoms with Crippen molar-refractivity contribution in [1.82, 2.24) is 25.5 Å². The monoisotopic (exact) mass is 358 g/mol. The van der Waals surface area contributed by atoms with E-state index in [1.165, 1.54) is 0 Å². The van der Waals surface area contributed by atoms with Crippen LogP contribution in [0, 0.1) is 0 Å². The summed E-state index contributed by atoms with van der Waals surface area (Å²) >= 11 is 1.63. The van der Waals surface area contributed by atoms with E-state index in [9.17, 15) is 0 Å². The predicted octanol–water partition coefficient (Wildman–Crippen LogP) is -1.50. The third-order valence-corrected chi connectivity index (χ3v) is 3.96. The molecule has 0 saturated heterocycles. The Bertz CT molecular complexity index is 596. The van der Waals surface area contributed by atoms with E-state index in [0.29, 0.717) is 6.61 Å². The molecule has 1 heterocycles. The first-order valence-electron chi connectivity index (χ1n) is 7.10. The van der Waals surface area contributed by atoms with E-state index in [-0.39, 0.29) is 12.4 Å². The maximum Gasteiger partial charge on any atom is 0.209 e. The van der Waals surface area contributed by atoms with Crippen LogP contribution in [0.1, 0.15) is 12.5 Å². The van der Waals surface area contributed by atoms with E-state index in [1.54, 1.807) is 23.6 Å². The molecule has 0 aliphatic heterocycles. The molecule has 0 saturated carbocycles. The van der Waals surface area contributed by atoms with E-state index in [1.807, 2.05) is 32.2 Å². The lowest BCUT2D eigenvalue weighted by Gasteiger charge is -2.11. The number of tetrazole rings is 1. The smallest absolute Gasteiger partial charge is 0.209 e. The number of aryl methyl sites for hydroxylation is 1. The summed E-state index contributed by atoms with van der Waals surface area (Å²) in [6.07, 6.45) is 0. The van der Waals surface area contributed by atoms with Gasteiger partial charge in [0.1, 0.15) is 0 Å². The molecule has 0 bridgehead atoms. The maximum absolute atomic E-state index is 5.51. The zero-order chi connectivity index (χ0) is 15.8. The van der Waals surface area contributed by atoms with Gasteiger partial charge in [0, 0.05) is 25.9 Å². The second-order valence-corrected chi connectivity index (χ2v) is 5.59. The second kappa shape index (κ2) is 10.3. The van der Waals surface area contributed by atoms with Crippen LogP contribution in [-0.4, -0.2) is 46.2 Å². The van der Waals surface area contributed by atoms with Crippen LogP contribution in [0.15, 0.2) is 23.4 Å². The fraction of sp³-hybridized carbons (Fsp3) is 0.500. The quantitative estimate of drug-likeness (QED) is 0.432. The Morgan fingerprint density at radius 3 is 2.78 bits per heavy atom. The molecular weight excluding hydrogens is 338 g/mol. The van der Waals surface area contributed by atoms with Crippen molar-refractivity contribution in [3.05, 3.63) is 23.8 Å². The number of methoxy groups -OCH3 is 1. The summed E-state index contributed by atoms with van der Waals surface area (Å²) in [5.74, 6) is 2.45. The molecule has 128 valence electrons. The highest BCUT2D eigenvalue weighted by atomic mass is 35.5. The Balaban J connectivity index is 0.00000264. The normalized spacial score (nSPS) is 10.2. The topological polar surface area (TPSA) is 74.1 Å². The van der Waals surface area contributed by atoms with Gasteiger partial charge in [0.2, 0.25) is 5.16 Å². The minimum absolute atomic E-state index is 0. The van der Waals surface area contributed by atoms with Crippen LogP contribution in [0.3, 0.4) is 0 Å². The highest BCUT2D eigenvalue weighted by molar-refractivity contribution is 7.99. The van der Waals surface area contributed by atoms with Gasteiger partial charge in [0.05, 0.1) is 13.7 Å². The Morgan fingerprint density at radius 2 is 2.13 bits per heavy atom. The minimum Gasteiger partial charge on any atom is -1.00 e. The average Bonchev–Trinajstić information content (AvgIpc) is 2.93. The van der Waals surface area contributed by atoms with Crippen molar-refractivity contribution in [3.8, 4) is 11.5 Å². The van der Waals surface area contributed by atoms with Crippen molar-refractivity contribution in [1.29, 1.82) is 0 Å². The van der Waals surface area contributed by atoms with Crippen LogP contribution in [0.25, 0.3) is 0 Å². The highest BCUT2D eigenvalue weighted by Crippen LogP contribution is 2.27. The van der Waals surface area contributed by atoms with Crippen LogP contribution < -0.4 is 27.2 Å². The van der Waals surface area contributed by atoms with Gasteiger partial charge in [0.15, 0.2) is 11.5 Å². The van der Waals surface area contributed by atoms with Crippen molar-refractivity contribution in [2.75, 3.05) is 26.0 Å². The molecule has 0 atom stereocenters. The molecule has 0 aliphatic carbocycles. The van der Waals surface area contributed by atoms with Gasteiger partial charge in [-0.25, -0.2) is 4.68 Å². The number of ether oxygens (including phenoxy) is 2. The van der Waals surface area contributed by atoms with Crippen molar-refractivity contribution < 1.29 is 21.9 Å². The van der Waals surface area contributed by atoms with Gasteiger partial charge in [-0.1, -0.05) is 17.8 Å². The summed E-state index contributed by atoms with van der Waals surface area (Å²) in [5, 5.41) is 15.5. The van der Waals surface area contributed by atoms with Crippen LogP contribution in [0.2, 0.25) is 0 Å². The summed E-state index contributed by atoms with van der Waals surface area (Å²) in [5.41, 5.74) is 1.16. The Kier molecular flexibility index (Phi) is 8.75. The standard InChI is InChI=1S/C14H21N5O2S.ClH/c1-4-21-12-6-5-11(9-13(12)20-3)10-15-7-8-22-14-16-17-18-19(14)2;/h5-6,9,15H,4,7-8,10H2,1-3H3;1H/p-1. The van der Waals surface area contributed by atoms with E-state index >= 15 is 0 Å². The molecular formula is C14H21ClN5O2S-. The lowest BCUT2D eigenvalue weighted by molar-refractivity contribution is -0.00000554. The first-order chi connectivity index (χ1) is 10.7. The molecule has 1 aromatic heterocycles. The fourth-order valence-electron chi connectivity index (χ4n) is 1.89. The Morgan fingerprint density at radius 1 is 1.30 bits per heavy atom. The lowest BCUT2D eigenvalue weighted by Crippen LogP contribution is -3.00. The van der Waals surface area contributed by atoms with Crippen LogP contribution in [-0.2, 0) is 13.6 Å². The number of thioether (sulfide) groups is 1. The molecule has 1 N–H and O–H groups in total. The van der Waals surface area contributed by atoms with Crippen molar-refractivity contribution in [2.45, 2.75) is 18.6 Å². The van der Waals surface area contributed by atoms with E-state index in [2.05, 4.69) is 20.8 Å². The van der Waals surface area contributed by atoms with Gasteiger partial charge in [-0.2, -0.15) is 0 Å². The van der Waals surface area contributed by atoms with Crippen molar-refractivity contribution in [3.63, 3.8) is 0 Å². The predicted molar refractivity (Wildman–Crippen MR) is 85.4 cm³/mol. The van der Waals surface area contributed by atoms with Crippen LogP contribution in [0.5, 0.6) is 11.5 Å². The molecule has 1 aromatic carbocycles. The molecule has 23 heavy (non-hydrogen) atoms. The third kappa shape index (κ3) is 5.89. The van der Waals surface area contributed by atoms with Crippen LogP contribution in [0.4, 0.5) is 0 Å². The summed E-state index contributed by atoms with van der Waals surface area (Å²) in [6, 6.07) is 5.98. The molecule has 0 fully saturated rings. The zero-order valence-corrected chi connectivity index (χ0v) is 15.0. The number of aromatic nitrogens is 4. The lowest BCUT2D eigenvalue weighted by atomic mass is 10.2. The third-order valence-electron chi connectivity index (χ3n) is 2.95. The Labute approximate surface area is 146 Å². The maximum atomic E-state index is 5.51. The van der Waals surface area contributed by atoms with E-state index < -0.39 is 0 Å². The highest BCUT2D eigenvalue weighted by Gasteiger charge is 2.05. The molecule has 2 rings (SSSR count). The molecule has 0 amide bonds. The molecule has 0 aliphatic rings. The van der Waals surface area contributed by atoms with Gasteiger partial charge in [0.25, 0.3) is 0 Å². The van der Waals surface area contributed by atoms with E-state index in [0.717, 1.165) is 41.1 Å². The largest absolute Gasteiger partial charge is 1.00 e. The number of nitrogens with zero attached hydrogens (tertiary/aromatic N) is 4. The number of halogens is 1. The number of benzene rings is 1. The summed E-state index contributed by atoms with van der Waals surface area (Å²) < 4.78 is 12.5. The molecule has 0 unspecified atom stereocenters. The molecule has 9 heteroatoms. The first kappa shape index (κ1) is 19.5. The molecule has 0 radical (unpaired) electrons. The first-order valence-corrected chi connectivity index (χ1v) is 8.08. The van der Waals surface area contributed by atoms with Crippen molar-refractivity contribution >= 4 is 11.8 Å². The summed E-state index contributed by atoms with van der Waals surface area (Å²) in [6.45, 7) is 4.23. The number of rotatable bonds is 9. The molecule has 7 nitrogen and oxygen atoms in total. The van der Waals surface area contributed by atoms with Gasteiger partial charge in [-0.15, -0.1) is 5.10 Å². The number of nitrogens with one attached hydrogen (secondary N) is 1. The average molecular weight is 359 g/mol. The second-order valence-electron chi connectivity index (χ2n) is 4.53. The van der Waals surface area contributed by atoms with Crippen LogP contribution >= 0.6 is 11.8 Å². The summed E-state index contributed by atoms with van der Waals surface area (Å²) in [7, 11) is 3.49. The fourth-order valence-corrected chi connectivity index (χ4v) is 2.63.